The molecule has 0 fully saturated rings. The van der Waals surface area contributed by atoms with Gasteiger partial charge >= 0.3 is 0 Å². The van der Waals surface area contributed by atoms with Crippen LogP contribution in [-0.4, -0.2) is 23.2 Å². The molecule has 2 aromatic carbocycles. The van der Waals surface area contributed by atoms with Crippen molar-refractivity contribution in [2.75, 3.05) is 12.4 Å². The molecule has 0 aliphatic carbocycles. The Morgan fingerprint density at radius 2 is 2.19 bits per heavy atom. The van der Waals surface area contributed by atoms with E-state index in [0.29, 0.717) is 17.0 Å². The second-order valence-electron chi connectivity index (χ2n) is 4.44. The molecule has 106 valence electrons. The molecule has 6 heteroatoms. The molecule has 1 aromatic heterocycles. The van der Waals surface area contributed by atoms with Crippen molar-refractivity contribution in [3.05, 3.63) is 52.6 Å². The van der Waals surface area contributed by atoms with Crippen LogP contribution in [0.25, 0.3) is 10.9 Å². The second kappa shape index (κ2) is 5.57. The number of hydrogen-bond acceptors (Lipinski definition) is 3. The molecule has 2 N–H and O–H groups in total. The Hall–Kier alpha value is -2.34. The first-order chi connectivity index (χ1) is 10.2. The minimum absolute atomic E-state index is 0.235. The monoisotopic (exact) mass is 345 g/mol. The van der Waals surface area contributed by atoms with Gasteiger partial charge < -0.3 is 10.1 Å². The van der Waals surface area contributed by atoms with E-state index in [4.69, 9.17) is 4.74 Å². The summed E-state index contributed by atoms with van der Waals surface area (Å²) in [6.07, 6.45) is 1.71. The molecule has 3 aromatic rings. The Morgan fingerprint density at radius 3 is 3.00 bits per heavy atom. The van der Waals surface area contributed by atoms with E-state index in [1.165, 1.54) is 7.11 Å². The fourth-order valence-corrected chi connectivity index (χ4v) is 2.46. The summed E-state index contributed by atoms with van der Waals surface area (Å²) in [4.78, 5) is 12.4. The molecule has 1 amide bonds. The molecule has 21 heavy (non-hydrogen) atoms. The highest BCUT2D eigenvalue weighted by Gasteiger charge is 2.14. The summed E-state index contributed by atoms with van der Waals surface area (Å²) in [5, 5.41) is 10.7. The van der Waals surface area contributed by atoms with Crippen molar-refractivity contribution < 1.29 is 9.53 Å². The van der Waals surface area contributed by atoms with Gasteiger partial charge in [0, 0.05) is 9.86 Å². The Bertz CT molecular complexity index is 814. The van der Waals surface area contributed by atoms with Crippen LogP contribution in [0.2, 0.25) is 0 Å². The predicted octanol–water partition coefficient (Wildman–Crippen LogP) is 3.59. The van der Waals surface area contributed by atoms with Gasteiger partial charge in [-0.1, -0.05) is 28.1 Å². The highest BCUT2D eigenvalue weighted by molar-refractivity contribution is 9.10. The van der Waals surface area contributed by atoms with Crippen molar-refractivity contribution in [2.24, 2.45) is 0 Å². The van der Waals surface area contributed by atoms with Gasteiger partial charge in [-0.15, -0.1) is 0 Å². The number of ether oxygens (including phenoxy) is 1. The van der Waals surface area contributed by atoms with Crippen LogP contribution in [0.5, 0.6) is 5.75 Å². The first-order valence-electron chi connectivity index (χ1n) is 6.26. The average molecular weight is 346 g/mol. The SMILES string of the molecule is COc1cc(Br)ccc1C(=O)Nc1cccc2cn[nH]c12. The summed E-state index contributed by atoms with van der Waals surface area (Å²) in [6.45, 7) is 0. The van der Waals surface area contributed by atoms with Crippen molar-refractivity contribution in [2.45, 2.75) is 0 Å². The molecule has 1 heterocycles. The van der Waals surface area contributed by atoms with Crippen LogP contribution in [0.4, 0.5) is 5.69 Å². The quantitative estimate of drug-likeness (QED) is 0.762. The van der Waals surface area contributed by atoms with Crippen LogP contribution < -0.4 is 10.1 Å². The number of nitrogens with one attached hydrogen (secondary N) is 2. The van der Waals surface area contributed by atoms with E-state index >= 15 is 0 Å². The smallest absolute Gasteiger partial charge is 0.259 e. The number of H-pyrrole nitrogens is 1. The minimum Gasteiger partial charge on any atom is -0.496 e. The highest BCUT2D eigenvalue weighted by atomic mass is 79.9. The zero-order valence-electron chi connectivity index (χ0n) is 11.2. The zero-order chi connectivity index (χ0) is 14.8. The number of fused-ring (bicyclic) bond motifs is 1. The fraction of sp³-hybridized carbons (Fsp3) is 0.0667. The summed E-state index contributed by atoms with van der Waals surface area (Å²) >= 11 is 3.36. The van der Waals surface area contributed by atoms with Gasteiger partial charge in [0.15, 0.2) is 0 Å². The number of rotatable bonds is 3. The van der Waals surface area contributed by atoms with E-state index in [-0.39, 0.29) is 5.91 Å². The predicted molar refractivity (Wildman–Crippen MR) is 84.7 cm³/mol. The Labute approximate surface area is 129 Å². The Balaban J connectivity index is 1.95. The number of halogens is 1. The van der Waals surface area contributed by atoms with Crippen LogP contribution in [-0.2, 0) is 0 Å². The number of carbonyl (C=O) groups is 1. The Kier molecular flexibility index (Phi) is 3.62. The van der Waals surface area contributed by atoms with E-state index < -0.39 is 0 Å². The molecule has 0 unspecified atom stereocenters. The average Bonchev–Trinajstić information content (AvgIpc) is 2.96. The summed E-state index contributed by atoms with van der Waals surface area (Å²) < 4.78 is 6.10. The minimum atomic E-state index is -0.235. The zero-order valence-corrected chi connectivity index (χ0v) is 12.8. The van der Waals surface area contributed by atoms with Crippen molar-refractivity contribution in [1.29, 1.82) is 0 Å². The third-order valence-electron chi connectivity index (χ3n) is 3.13. The third-order valence-corrected chi connectivity index (χ3v) is 3.63. The van der Waals surface area contributed by atoms with E-state index in [1.807, 2.05) is 18.2 Å². The normalized spacial score (nSPS) is 10.6. The number of carbonyl (C=O) groups excluding carboxylic acids is 1. The molecule has 5 nitrogen and oxygen atoms in total. The maximum absolute atomic E-state index is 12.4. The summed E-state index contributed by atoms with van der Waals surface area (Å²) in [5.41, 5.74) is 1.94. The van der Waals surface area contributed by atoms with Crippen LogP contribution in [0, 0.1) is 0 Å². The van der Waals surface area contributed by atoms with Gasteiger partial charge in [0.2, 0.25) is 0 Å². The molecule has 3 rings (SSSR count). The maximum Gasteiger partial charge on any atom is 0.259 e. The lowest BCUT2D eigenvalue weighted by atomic mass is 10.1. The number of amides is 1. The molecule has 0 spiro atoms. The van der Waals surface area contributed by atoms with Crippen molar-refractivity contribution >= 4 is 38.4 Å². The van der Waals surface area contributed by atoms with Gasteiger partial charge in [-0.25, -0.2) is 0 Å². The molecule has 0 bridgehead atoms. The maximum atomic E-state index is 12.4. The highest BCUT2D eigenvalue weighted by Crippen LogP contribution is 2.26. The van der Waals surface area contributed by atoms with Crippen molar-refractivity contribution in [3.63, 3.8) is 0 Å². The second-order valence-corrected chi connectivity index (χ2v) is 5.35. The molecule has 0 aliphatic rings. The largest absolute Gasteiger partial charge is 0.496 e. The number of aromatic nitrogens is 2. The summed E-state index contributed by atoms with van der Waals surface area (Å²) in [7, 11) is 1.54. The lowest BCUT2D eigenvalue weighted by Crippen LogP contribution is -2.13. The number of anilines is 1. The molecule has 0 aliphatic heterocycles. The van der Waals surface area contributed by atoms with Crippen LogP contribution >= 0.6 is 15.9 Å². The first kappa shape index (κ1) is 13.6. The molecule has 0 atom stereocenters. The molecular weight excluding hydrogens is 334 g/mol. The van der Waals surface area contributed by atoms with Gasteiger partial charge in [0.25, 0.3) is 5.91 Å². The van der Waals surface area contributed by atoms with E-state index in [1.54, 1.807) is 24.4 Å². The number of hydrogen-bond donors (Lipinski definition) is 2. The molecule has 0 radical (unpaired) electrons. The van der Waals surface area contributed by atoms with Gasteiger partial charge in [-0.05, 0) is 24.3 Å². The summed E-state index contributed by atoms with van der Waals surface area (Å²) in [6, 6.07) is 10.9. The number of nitrogens with zero attached hydrogens (tertiary/aromatic N) is 1. The van der Waals surface area contributed by atoms with E-state index in [2.05, 4.69) is 31.4 Å². The number of aromatic amines is 1. The molecular formula is C15H12BrN3O2. The fourth-order valence-electron chi connectivity index (χ4n) is 2.12. The van der Waals surface area contributed by atoms with Gasteiger partial charge in [0.1, 0.15) is 5.75 Å². The third kappa shape index (κ3) is 2.62. The topological polar surface area (TPSA) is 67.0 Å². The van der Waals surface area contributed by atoms with Gasteiger partial charge in [-0.3, -0.25) is 9.89 Å². The van der Waals surface area contributed by atoms with Crippen molar-refractivity contribution in [1.82, 2.24) is 10.2 Å². The number of methoxy groups -OCH3 is 1. The van der Waals surface area contributed by atoms with Gasteiger partial charge in [0.05, 0.1) is 30.1 Å². The van der Waals surface area contributed by atoms with Crippen LogP contribution in [0.1, 0.15) is 10.4 Å². The molecule has 0 saturated heterocycles. The Morgan fingerprint density at radius 1 is 1.33 bits per heavy atom. The van der Waals surface area contributed by atoms with Crippen LogP contribution in [0.15, 0.2) is 47.1 Å². The lowest BCUT2D eigenvalue weighted by molar-refractivity contribution is 0.102. The van der Waals surface area contributed by atoms with E-state index in [9.17, 15) is 4.79 Å². The van der Waals surface area contributed by atoms with E-state index in [0.717, 1.165) is 15.4 Å². The summed E-state index contributed by atoms with van der Waals surface area (Å²) in [5.74, 6) is 0.278. The first-order valence-corrected chi connectivity index (χ1v) is 7.05. The number of para-hydroxylation sites is 1. The van der Waals surface area contributed by atoms with Crippen molar-refractivity contribution in [3.8, 4) is 5.75 Å². The molecule has 0 saturated carbocycles. The standard InChI is InChI=1S/C15H12BrN3O2/c1-21-13-7-10(16)5-6-11(13)15(20)18-12-4-2-3-9-8-17-19-14(9)12/h2-8H,1H3,(H,17,19)(H,18,20). The number of benzene rings is 2. The van der Waals surface area contributed by atoms with Crippen LogP contribution in [0.3, 0.4) is 0 Å². The lowest BCUT2D eigenvalue weighted by Gasteiger charge is -2.10. The van der Waals surface area contributed by atoms with Gasteiger partial charge in [-0.2, -0.15) is 5.10 Å².